The maximum absolute atomic E-state index is 14.3. The number of nitrogens with one attached hydrogen (secondary N) is 1. The van der Waals surface area contributed by atoms with Gasteiger partial charge in [-0.3, -0.25) is 9.48 Å². The summed E-state index contributed by atoms with van der Waals surface area (Å²) in [5.41, 5.74) is 3.44. The van der Waals surface area contributed by atoms with Crippen molar-refractivity contribution in [3.05, 3.63) is 68.7 Å². The Bertz CT molecular complexity index is 1160. The first-order valence-electron chi connectivity index (χ1n) is 9.80. The Morgan fingerprint density at radius 2 is 2.20 bits per heavy atom. The normalized spacial score (nSPS) is 15.4. The van der Waals surface area contributed by atoms with E-state index in [9.17, 15) is 9.18 Å². The van der Waals surface area contributed by atoms with Gasteiger partial charge in [-0.15, -0.1) is 0 Å². The molecule has 9 heteroatoms. The number of hydrogen-bond acceptors (Lipinski definition) is 3. The molecule has 0 saturated carbocycles. The van der Waals surface area contributed by atoms with Crippen LogP contribution in [-0.4, -0.2) is 24.8 Å². The van der Waals surface area contributed by atoms with Gasteiger partial charge in [0.2, 0.25) is 5.91 Å². The highest BCUT2D eigenvalue weighted by Crippen LogP contribution is 2.36. The van der Waals surface area contributed by atoms with E-state index in [-0.39, 0.29) is 24.1 Å². The lowest BCUT2D eigenvalue weighted by molar-refractivity contribution is -0.120. The lowest BCUT2D eigenvalue weighted by atomic mass is 9.93. The van der Waals surface area contributed by atoms with Crippen molar-refractivity contribution >= 4 is 29.7 Å². The molecule has 6 nitrogen and oxygen atoms in total. The minimum absolute atomic E-state index is 0.0852. The predicted molar refractivity (Wildman–Crippen MR) is 115 cm³/mol. The summed E-state index contributed by atoms with van der Waals surface area (Å²) in [5, 5.41) is 7.57. The molecule has 0 aliphatic carbocycles. The Balaban J connectivity index is 1.55. The van der Waals surface area contributed by atoms with Gasteiger partial charge in [-0.25, -0.2) is 4.39 Å². The smallest absolute Gasteiger partial charge is 0.226 e. The number of hydrogen-bond donors (Lipinski definition) is 1. The first kappa shape index (κ1) is 20.8. The van der Waals surface area contributed by atoms with Crippen LogP contribution in [0.25, 0.3) is 0 Å². The van der Waals surface area contributed by atoms with Gasteiger partial charge in [-0.05, 0) is 48.8 Å². The molecule has 1 aliphatic rings. The van der Waals surface area contributed by atoms with E-state index in [1.165, 1.54) is 6.07 Å². The third kappa shape index (κ3) is 4.06. The van der Waals surface area contributed by atoms with Crippen LogP contribution in [0.3, 0.4) is 0 Å². The number of rotatable bonds is 6. The summed E-state index contributed by atoms with van der Waals surface area (Å²) in [6.07, 6.45) is 5.20. The summed E-state index contributed by atoms with van der Waals surface area (Å²) in [7, 11) is 3.72. The molecule has 0 bridgehead atoms. The molecule has 3 aromatic rings. The fourth-order valence-electron chi connectivity index (χ4n) is 4.17. The molecule has 3 heterocycles. The number of aryl methyl sites for hydroxylation is 1. The quantitative estimate of drug-likeness (QED) is 0.586. The summed E-state index contributed by atoms with van der Waals surface area (Å²) in [6.45, 7) is 1.19. The number of halogens is 2. The summed E-state index contributed by atoms with van der Waals surface area (Å²) in [5.74, 6) is -0.262. The Hall–Kier alpha value is -2.45. The Kier molecular flexibility index (Phi) is 5.79. The van der Waals surface area contributed by atoms with Crippen molar-refractivity contribution in [2.24, 2.45) is 14.1 Å². The predicted octanol–water partition coefficient (Wildman–Crippen LogP) is 3.67. The average Bonchev–Trinajstić information content (AvgIpc) is 3.37. The van der Waals surface area contributed by atoms with Crippen molar-refractivity contribution in [3.8, 4) is 0 Å². The van der Waals surface area contributed by atoms with Crippen LogP contribution in [0.4, 0.5) is 4.39 Å². The van der Waals surface area contributed by atoms with Gasteiger partial charge in [0.1, 0.15) is 5.82 Å². The minimum Gasteiger partial charge on any atom is -0.352 e. The van der Waals surface area contributed by atoms with Crippen LogP contribution in [0.2, 0.25) is 5.02 Å². The fraction of sp³-hybridized carbons (Fsp3) is 0.381. The molecule has 1 atom stereocenters. The van der Waals surface area contributed by atoms with Gasteiger partial charge >= 0.3 is 0 Å². The highest BCUT2D eigenvalue weighted by Gasteiger charge is 2.30. The van der Waals surface area contributed by atoms with Gasteiger partial charge in [0.15, 0.2) is 4.77 Å². The fourth-order valence-corrected chi connectivity index (χ4v) is 4.67. The van der Waals surface area contributed by atoms with Crippen molar-refractivity contribution in [1.82, 2.24) is 24.2 Å². The summed E-state index contributed by atoms with van der Waals surface area (Å²) in [6, 6.07) is 4.63. The molecule has 0 radical (unpaired) electrons. The molecule has 1 unspecified atom stereocenters. The number of amides is 1. The molecule has 0 saturated heterocycles. The van der Waals surface area contributed by atoms with Crippen molar-refractivity contribution in [2.45, 2.75) is 38.3 Å². The molecule has 1 aliphatic heterocycles. The van der Waals surface area contributed by atoms with Crippen LogP contribution >= 0.6 is 23.8 Å². The van der Waals surface area contributed by atoms with E-state index in [0.29, 0.717) is 28.3 Å². The van der Waals surface area contributed by atoms with Crippen molar-refractivity contribution in [3.63, 3.8) is 0 Å². The number of aromatic nitrogens is 4. The van der Waals surface area contributed by atoms with Gasteiger partial charge in [0, 0.05) is 61.3 Å². The van der Waals surface area contributed by atoms with Crippen LogP contribution in [-0.2, 0) is 44.8 Å². The molecular formula is C21H23ClFN5OS. The average molecular weight is 448 g/mol. The number of imidazole rings is 1. The van der Waals surface area contributed by atoms with E-state index in [0.717, 1.165) is 29.9 Å². The number of fused-ring (bicyclic) bond motifs is 1. The lowest BCUT2D eigenvalue weighted by Gasteiger charge is -2.14. The maximum Gasteiger partial charge on any atom is 0.226 e. The third-order valence-corrected chi connectivity index (χ3v) is 6.38. The monoisotopic (exact) mass is 447 g/mol. The zero-order chi connectivity index (χ0) is 21.4. The molecule has 158 valence electrons. The van der Waals surface area contributed by atoms with Crippen molar-refractivity contribution in [2.75, 3.05) is 0 Å². The third-order valence-electron chi connectivity index (χ3n) is 5.65. The second kappa shape index (κ2) is 8.35. The maximum atomic E-state index is 14.3. The molecule has 4 rings (SSSR count). The van der Waals surface area contributed by atoms with E-state index in [1.54, 1.807) is 23.0 Å². The largest absolute Gasteiger partial charge is 0.352 e. The summed E-state index contributed by atoms with van der Waals surface area (Å²) >= 11 is 11.7. The van der Waals surface area contributed by atoms with Crippen LogP contribution in [0.15, 0.2) is 30.6 Å². The Labute approximate surface area is 184 Å². The number of benzene rings is 1. The summed E-state index contributed by atoms with van der Waals surface area (Å²) in [4.78, 5) is 12.6. The summed E-state index contributed by atoms with van der Waals surface area (Å²) < 4.78 is 20.7. The van der Waals surface area contributed by atoms with E-state index in [4.69, 9.17) is 23.8 Å². The topological polar surface area (TPSA) is 56.8 Å². The number of nitrogens with zero attached hydrogens (tertiary/aromatic N) is 4. The molecular weight excluding hydrogens is 425 g/mol. The lowest BCUT2D eigenvalue weighted by Crippen LogP contribution is -2.26. The molecule has 0 fully saturated rings. The first-order valence-corrected chi connectivity index (χ1v) is 10.6. The van der Waals surface area contributed by atoms with E-state index >= 15 is 0 Å². The molecule has 1 N–H and O–H groups in total. The van der Waals surface area contributed by atoms with Crippen LogP contribution in [0, 0.1) is 10.6 Å². The highest BCUT2D eigenvalue weighted by atomic mass is 35.5. The van der Waals surface area contributed by atoms with Crippen LogP contribution in [0.1, 0.15) is 34.9 Å². The number of carbonyl (C=O) groups excluding carboxylic acids is 1. The molecule has 1 aromatic carbocycles. The van der Waals surface area contributed by atoms with Gasteiger partial charge in [0.25, 0.3) is 0 Å². The van der Waals surface area contributed by atoms with Gasteiger partial charge in [0.05, 0.1) is 12.6 Å². The first-order chi connectivity index (χ1) is 14.3. The second-order valence-corrected chi connectivity index (χ2v) is 8.53. The van der Waals surface area contributed by atoms with Crippen molar-refractivity contribution in [1.29, 1.82) is 0 Å². The number of carbonyl (C=O) groups is 1. The van der Waals surface area contributed by atoms with Crippen LogP contribution in [0.5, 0.6) is 0 Å². The standard InChI is InChI=1S/C21H23ClFN5OS/c1-26-12-13(11-25-26)10-24-19(29)9-18-20-14(5-6-28(20)21(30)27(18)2)7-15-8-16(22)3-4-17(15)23/h3-4,8,11-12,14H,5-7,9-10H2,1-2H3,(H,24,29). The van der Waals surface area contributed by atoms with E-state index in [1.807, 2.05) is 24.9 Å². The van der Waals surface area contributed by atoms with Gasteiger partial charge in [-0.1, -0.05) is 11.6 Å². The highest BCUT2D eigenvalue weighted by molar-refractivity contribution is 7.71. The molecule has 30 heavy (non-hydrogen) atoms. The zero-order valence-corrected chi connectivity index (χ0v) is 18.4. The zero-order valence-electron chi connectivity index (χ0n) is 16.9. The Morgan fingerprint density at radius 1 is 1.40 bits per heavy atom. The molecule has 0 spiro atoms. The van der Waals surface area contributed by atoms with Gasteiger partial charge in [-0.2, -0.15) is 5.10 Å². The SMILES string of the molecule is Cn1cc(CNC(=O)Cc2c3n(c(=S)n2C)CCC3Cc2cc(Cl)ccc2F)cn1. The molecule has 2 aromatic heterocycles. The van der Waals surface area contributed by atoms with Gasteiger partial charge < -0.3 is 14.5 Å². The molecule has 1 amide bonds. The van der Waals surface area contributed by atoms with Crippen LogP contribution < -0.4 is 5.32 Å². The minimum atomic E-state index is -0.261. The second-order valence-electron chi connectivity index (χ2n) is 7.73. The van der Waals surface area contributed by atoms with E-state index in [2.05, 4.69) is 15.0 Å². The van der Waals surface area contributed by atoms with E-state index < -0.39 is 0 Å². The Morgan fingerprint density at radius 3 is 2.93 bits per heavy atom. The van der Waals surface area contributed by atoms with Crippen molar-refractivity contribution < 1.29 is 9.18 Å².